The Morgan fingerprint density at radius 3 is 2.75 bits per heavy atom. The van der Waals surface area contributed by atoms with Crippen LogP contribution in [0.3, 0.4) is 0 Å². The van der Waals surface area contributed by atoms with Crippen LogP contribution < -0.4 is 0 Å². The van der Waals surface area contributed by atoms with Gasteiger partial charge in [-0.1, -0.05) is 22.0 Å². The van der Waals surface area contributed by atoms with Crippen LogP contribution in [0.1, 0.15) is 0 Å². The summed E-state index contributed by atoms with van der Waals surface area (Å²) in [7, 11) is 0. The average molecular weight is 191 g/mol. The van der Waals surface area contributed by atoms with Crippen molar-refractivity contribution in [3.8, 4) is 0 Å². The van der Waals surface area contributed by atoms with E-state index in [9.17, 15) is 0 Å². The smallest absolute Gasteiger partial charge is 0.0713 e. The summed E-state index contributed by atoms with van der Waals surface area (Å²) in [5.74, 6) is 0. The van der Waals surface area contributed by atoms with Gasteiger partial charge < -0.3 is 5.11 Å². The number of hydrogen-bond acceptors (Lipinski definition) is 1. The predicted octanol–water partition coefficient (Wildman–Crippen LogP) is 0.965. The highest BCUT2D eigenvalue weighted by Crippen LogP contribution is 2.16. The minimum absolute atomic E-state index is 0.0237. The van der Waals surface area contributed by atoms with Crippen LogP contribution in [0.25, 0.3) is 0 Å². The van der Waals surface area contributed by atoms with E-state index in [-0.39, 0.29) is 6.35 Å². The summed E-state index contributed by atoms with van der Waals surface area (Å²) in [6.07, 6.45) is -0.799. The van der Waals surface area contributed by atoms with E-state index in [0.717, 1.165) is 0 Å². The maximum atomic E-state index is 7.98. The Labute approximate surface area is 41.3 Å². The standard InChI is InChI=1S/CH4IOP/c2-4-1-3/h3-4H,1H2/i4D. The Morgan fingerprint density at radius 2 is 2.75 bits per heavy atom. The quantitative estimate of drug-likeness (QED) is 0.483. The van der Waals surface area contributed by atoms with Crippen molar-refractivity contribution in [2.24, 2.45) is 0 Å². The van der Waals surface area contributed by atoms with E-state index in [0.29, 0.717) is 0 Å². The lowest BCUT2D eigenvalue weighted by Gasteiger charge is -1.68. The zero-order valence-corrected chi connectivity index (χ0v) is 5.03. The first kappa shape index (κ1) is 3.32. The van der Waals surface area contributed by atoms with Crippen LogP contribution >= 0.6 is 28.2 Å². The Hall–Kier alpha value is 1.12. The van der Waals surface area contributed by atoms with Crippen LogP contribution in [0.2, 0.25) is 0 Å². The van der Waals surface area contributed by atoms with Crippen molar-refractivity contribution < 1.29 is 5.11 Å². The van der Waals surface area contributed by atoms with Crippen molar-refractivity contribution in [1.29, 1.82) is 1.28 Å². The average Bonchev–Trinajstić information content (AvgIpc) is 1.38. The van der Waals surface area contributed by atoms with Crippen molar-refractivity contribution in [1.82, 2.24) is 0 Å². The Morgan fingerprint density at radius 1 is 2.50 bits per heavy atom. The second kappa shape index (κ2) is 4.12. The van der Waals surface area contributed by atoms with Crippen molar-refractivity contribution in [2.75, 3.05) is 6.35 Å². The molecule has 0 aliphatic heterocycles. The topological polar surface area (TPSA) is 20.2 Å². The maximum absolute atomic E-state index is 7.98. The van der Waals surface area contributed by atoms with Gasteiger partial charge in [0.1, 0.15) is 0 Å². The normalized spacial score (nSPS) is 19.0. The zero-order chi connectivity index (χ0) is 4.28. The Kier molecular flexibility index (Phi) is 3.41. The molecule has 0 spiro atoms. The first-order valence-electron chi connectivity index (χ1n) is 1.25. The largest absolute Gasteiger partial charge is 0.391 e. The summed E-state index contributed by atoms with van der Waals surface area (Å²) in [6.45, 7) is 0. The molecule has 0 fully saturated rings. The third kappa shape index (κ3) is 3.12. The number of halogens is 1. The molecule has 0 radical (unpaired) electrons. The molecule has 0 aromatic carbocycles. The Balaban J connectivity index is 2.54. The lowest BCUT2D eigenvalue weighted by molar-refractivity contribution is 0.374. The molecule has 0 amide bonds. The molecule has 1 nitrogen and oxygen atoms in total. The van der Waals surface area contributed by atoms with Gasteiger partial charge in [-0.25, -0.2) is 0 Å². The molecule has 0 aliphatic carbocycles. The molecule has 1 N–H and O–H groups in total. The van der Waals surface area contributed by atoms with Crippen LogP contribution in [-0.2, 0) is 0 Å². The molecule has 0 heterocycles. The van der Waals surface area contributed by atoms with Gasteiger partial charge in [-0.3, -0.25) is 0 Å². The lowest BCUT2D eigenvalue weighted by Crippen LogP contribution is -1.52. The molecule has 0 saturated carbocycles. The van der Waals surface area contributed by atoms with E-state index < -0.39 is 6.17 Å². The summed E-state index contributed by atoms with van der Waals surface area (Å²) < 4.78 is 6.63. The number of hydrogen-bond donors (Lipinski definition) is 1. The molecular weight excluding hydrogens is 186 g/mol. The first-order chi connectivity index (χ1) is 2.27. The van der Waals surface area contributed by atoms with Gasteiger partial charge >= 0.3 is 0 Å². The molecule has 1 atom stereocenters. The van der Waals surface area contributed by atoms with E-state index in [1.807, 2.05) is 22.0 Å². The maximum Gasteiger partial charge on any atom is 0.0713 e. The second-order valence-corrected chi connectivity index (χ2v) is 2.83. The lowest BCUT2D eigenvalue weighted by atomic mass is 11.7. The van der Waals surface area contributed by atoms with Crippen molar-refractivity contribution in [3.63, 3.8) is 0 Å². The highest BCUT2D eigenvalue weighted by Gasteiger charge is 1.58. The fraction of sp³-hybridized carbons (Fsp3) is 1.00. The van der Waals surface area contributed by atoms with Crippen molar-refractivity contribution in [3.05, 3.63) is 0 Å². The van der Waals surface area contributed by atoms with Gasteiger partial charge in [0.2, 0.25) is 0 Å². The third-order valence-corrected chi connectivity index (χ3v) is 1.08. The number of aliphatic hydroxyl groups is 1. The fourth-order valence-corrected chi connectivity index (χ4v) is 0. The minimum atomic E-state index is -0.823. The molecule has 26 valence electrons. The molecule has 1 unspecified atom stereocenters. The summed E-state index contributed by atoms with van der Waals surface area (Å²) >= 11 is 1.89. The molecule has 0 saturated heterocycles. The molecule has 0 aliphatic rings. The summed E-state index contributed by atoms with van der Waals surface area (Å²) in [6, 6.07) is 0. The molecule has 0 aromatic heterocycles. The third-order valence-electron chi connectivity index (χ3n) is 0.0535. The highest BCUT2D eigenvalue weighted by atomic mass is 127. The van der Waals surface area contributed by atoms with E-state index >= 15 is 0 Å². The van der Waals surface area contributed by atoms with E-state index in [2.05, 4.69) is 0 Å². The van der Waals surface area contributed by atoms with Crippen LogP contribution in [-0.4, -0.2) is 12.7 Å². The van der Waals surface area contributed by atoms with E-state index in [4.69, 9.17) is 6.39 Å². The van der Waals surface area contributed by atoms with Crippen LogP contribution in [0.5, 0.6) is 0 Å². The zero-order valence-electron chi connectivity index (χ0n) is 2.98. The number of rotatable bonds is 1. The van der Waals surface area contributed by atoms with Crippen LogP contribution in [0.4, 0.5) is 0 Å². The van der Waals surface area contributed by atoms with Gasteiger partial charge in [-0.2, -0.15) is 0 Å². The fourth-order valence-electron chi connectivity index (χ4n) is 0. The molecule has 4 heavy (non-hydrogen) atoms. The van der Waals surface area contributed by atoms with E-state index in [1.54, 1.807) is 0 Å². The number of aliphatic hydroxyl groups excluding tert-OH is 1. The van der Waals surface area contributed by atoms with Gasteiger partial charge in [-0.05, 0) is 6.17 Å². The molecule has 0 bridgehead atoms. The van der Waals surface area contributed by atoms with Crippen molar-refractivity contribution in [2.45, 2.75) is 0 Å². The summed E-state index contributed by atoms with van der Waals surface area (Å²) in [5, 5.41) is 7.98. The van der Waals surface area contributed by atoms with Crippen molar-refractivity contribution >= 4 is 28.2 Å². The van der Waals surface area contributed by atoms with E-state index in [1.165, 1.54) is 0 Å². The molecular formula is CH4IOP. The summed E-state index contributed by atoms with van der Waals surface area (Å²) in [5.41, 5.74) is 0. The van der Waals surface area contributed by atoms with Gasteiger partial charge in [-0.15, -0.1) is 0 Å². The van der Waals surface area contributed by atoms with Gasteiger partial charge in [0, 0.05) is 0 Å². The second-order valence-electron chi connectivity index (χ2n) is 0.261. The minimum Gasteiger partial charge on any atom is -0.391 e. The monoisotopic (exact) mass is 191 g/mol. The Bertz CT molecular complexity index is 25.6. The van der Waals surface area contributed by atoms with Crippen LogP contribution in [0.15, 0.2) is 0 Å². The molecule has 0 rings (SSSR count). The highest BCUT2D eigenvalue weighted by molar-refractivity contribution is 14.2. The molecule has 3 heteroatoms. The SMILES string of the molecule is [2H]P(I)CO. The van der Waals surface area contributed by atoms with Gasteiger partial charge in [0.15, 0.2) is 0 Å². The first-order valence-corrected chi connectivity index (χ1v) is 4.67. The van der Waals surface area contributed by atoms with Gasteiger partial charge in [0.05, 0.1) is 7.63 Å². The van der Waals surface area contributed by atoms with Gasteiger partial charge in [0.25, 0.3) is 0 Å². The molecule has 0 aromatic rings. The van der Waals surface area contributed by atoms with Crippen LogP contribution in [0, 0.1) is 0 Å². The summed E-state index contributed by atoms with van der Waals surface area (Å²) in [4.78, 5) is 0. The predicted molar refractivity (Wildman–Crippen MR) is 29.4 cm³/mol.